The van der Waals surface area contributed by atoms with Crippen molar-refractivity contribution in [3.8, 4) is 0 Å². The van der Waals surface area contributed by atoms with Gasteiger partial charge in [-0.2, -0.15) is 4.98 Å². The first-order valence-corrected chi connectivity index (χ1v) is 5.27. The third kappa shape index (κ3) is 2.29. The zero-order valence-corrected chi connectivity index (χ0v) is 8.61. The third-order valence-electron chi connectivity index (χ3n) is 2.63. The molecule has 1 saturated heterocycles. The van der Waals surface area contributed by atoms with Crippen LogP contribution in [-0.4, -0.2) is 28.9 Å². The van der Waals surface area contributed by atoms with E-state index in [1.807, 2.05) is 4.90 Å². The van der Waals surface area contributed by atoms with E-state index in [-0.39, 0.29) is 11.9 Å². The molecule has 1 fully saturated rings. The van der Waals surface area contributed by atoms with E-state index in [4.69, 9.17) is 10.2 Å². The van der Waals surface area contributed by atoms with Gasteiger partial charge in [-0.3, -0.25) is 4.79 Å². The smallest absolute Gasteiger partial charge is 0.292 e. The summed E-state index contributed by atoms with van der Waals surface area (Å²) >= 11 is 0. The molecule has 0 radical (unpaired) electrons. The molecule has 1 amide bonds. The van der Waals surface area contributed by atoms with Crippen LogP contribution in [0.4, 0.5) is 6.01 Å². The molecule has 1 aliphatic rings. The van der Waals surface area contributed by atoms with Gasteiger partial charge in [0.05, 0.1) is 0 Å². The number of oxazole rings is 1. The van der Waals surface area contributed by atoms with Gasteiger partial charge in [-0.15, -0.1) is 0 Å². The van der Waals surface area contributed by atoms with Crippen molar-refractivity contribution in [3.63, 3.8) is 0 Å². The monoisotopic (exact) mass is 209 g/mol. The van der Waals surface area contributed by atoms with Crippen LogP contribution in [0.5, 0.6) is 0 Å². The van der Waals surface area contributed by atoms with Crippen LogP contribution in [0.1, 0.15) is 36.2 Å². The largest absolute Gasteiger partial charge is 0.431 e. The summed E-state index contributed by atoms with van der Waals surface area (Å²) in [6, 6.07) is 0.0492. The van der Waals surface area contributed by atoms with E-state index in [9.17, 15) is 4.79 Å². The van der Waals surface area contributed by atoms with Crippen LogP contribution in [0, 0.1) is 0 Å². The van der Waals surface area contributed by atoms with Crippen molar-refractivity contribution in [2.75, 3.05) is 18.8 Å². The number of nitrogens with two attached hydrogens (primary N) is 1. The standard InChI is InChI=1S/C10H15N3O2/c11-10-12-8(7-15-10)9(14)13-5-3-1-2-4-6-13/h7H,1-6H2,(H2,11,12). The van der Waals surface area contributed by atoms with Crippen molar-refractivity contribution in [1.82, 2.24) is 9.88 Å². The van der Waals surface area contributed by atoms with Gasteiger partial charge in [-0.1, -0.05) is 12.8 Å². The van der Waals surface area contributed by atoms with Crippen molar-refractivity contribution >= 4 is 11.9 Å². The van der Waals surface area contributed by atoms with E-state index in [0.29, 0.717) is 5.69 Å². The second kappa shape index (κ2) is 4.33. The zero-order valence-electron chi connectivity index (χ0n) is 8.61. The minimum absolute atomic E-state index is 0.0492. The zero-order chi connectivity index (χ0) is 10.7. The Labute approximate surface area is 88.3 Å². The van der Waals surface area contributed by atoms with Gasteiger partial charge >= 0.3 is 0 Å². The van der Waals surface area contributed by atoms with Gasteiger partial charge in [0.25, 0.3) is 11.9 Å². The number of hydrogen-bond donors (Lipinski definition) is 1. The molecule has 0 atom stereocenters. The van der Waals surface area contributed by atoms with Gasteiger partial charge < -0.3 is 15.1 Å². The molecule has 5 nitrogen and oxygen atoms in total. The predicted molar refractivity (Wildman–Crippen MR) is 55.3 cm³/mol. The maximum absolute atomic E-state index is 11.9. The number of aromatic nitrogens is 1. The fourth-order valence-corrected chi connectivity index (χ4v) is 1.82. The summed E-state index contributed by atoms with van der Waals surface area (Å²) in [6.45, 7) is 1.62. The minimum atomic E-state index is -0.0719. The molecule has 82 valence electrons. The molecule has 1 aliphatic heterocycles. The number of anilines is 1. The number of rotatable bonds is 1. The maximum Gasteiger partial charge on any atom is 0.292 e. The summed E-state index contributed by atoms with van der Waals surface area (Å²) in [5.74, 6) is -0.0719. The molecular weight excluding hydrogens is 194 g/mol. The highest BCUT2D eigenvalue weighted by atomic mass is 16.4. The molecule has 0 aromatic carbocycles. The number of nitrogens with zero attached hydrogens (tertiary/aromatic N) is 2. The molecule has 0 unspecified atom stereocenters. The van der Waals surface area contributed by atoms with E-state index in [2.05, 4.69) is 4.98 Å². The SMILES string of the molecule is Nc1nc(C(=O)N2CCCCCC2)co1. The molecule has 0 saturated carbocycles. The number of carbonyl (C=O) groups excluding carboxylic acids is 1. The van der Waals surface area contributed by atoms with E-state index in [1.54, 1.807) is 0 Å². The average Bonchev–Trinajstić information content (AvgIpc) is 2.53. The highest BCUT2D eigenvalue weighted by Gasteiger charge is 2.19. The van der Waals surface area contributed by atoms with Crippen LogP contribution < -0.4 is 5.73 Å². The lowest BCUT2D eigenvalue weighted by Gasteiger charge is -2.18. The molecule has 0 spiro atoms. The Morgan fingerprint density at radius 1 is 1.33 bits per heavy atom. The van der Waals surface area contributed by atoms with Gasteiger partial charge in [0, 0.05) is 13.1 Å². The number of amides is 1. The minimum Gasteiger partial charge on any atom is -0.431 e. The van der Waals surface area contributed by atoms with E-state index < -0.39 is 0 Å². The van der Waals surface area contributed by atoms with Crippen molar-refractivity contribution in [2.45, 2.75) is 25.7 Å². The fourth-order valence-electron chi connectivity index (χ4n) is 1.82. The summed E-state index contributed by atoms with van der Waals surface area (Å²) < 4.78 is 4.83. The van der Waals surface area contributed by atoms with Crippen LogP contribution in [0.25, 0.3) is 0 Å². The normalized spacial score (nSPS) is 17.5. The molecule has 1 aromatic heterocycles. The second-order valence-corrected chi connectivity index (χ2v) is 3.78. The number of hydrogen-bond acceptors (Lipinski definition) is 4. The Hall–Kier alpha value is -1.52. The summed E-state index contributed by atoms with van der Waals surface area (Å²) in [5, 5.41) is 0. The average molecular weight is 209 g/mol. The van der Waals surface area contributed by atoms with Crippen molar-refractivity contribution in [1.29, 1.82) is 0 Å². The lowest BCUT2D eigenvalue weighted by molar-refractivity contribution is 0.0756. The first kappa shape index (κ1) is 10.0. The summed E-state index contributed by atoms with van der Waals surface area (Å²) in [4.78, 5) is 17.6. The Kier molecular flexibility index (Phi) is 2.89. The van der Waals surface area contributed by atoms with Crippen molar-refractivity contribution < 1.29 is 9.21 Å². The summed E-state index contributed by atoms with van der Waals surface area (Å²) in [5.41, 5.74) is 5.64. The first-order valence-electron chi connectivity index (χ1n) is 5.27. The quantitative estimate of drug-likeness (QED) is 0.756. The Morgan fingerprint density at radius 3 is 2.53 bits per heavy atom. The van der Waals surface area contributed by atoms with E-state index in [0.717, 1.165) is 25.9 Å². The Bertz CT molecular complexity index is 340. The van der Waals surface area contributed by atoms with Crippen LogP contribution in [-0.2, 0) is 0 Å². The van der Waals surface area contributed by atoms with Gasteiger partial charge in [0.1, 0.15) is 6.26 Å². The van der Waals surface area contributed by atoms with Crippen LogP contribution in [0.15, 0.2) is 10.7 Å². The lowest BCUT2D eigenvalue weighted by atomic mass is 10.2. The Balaban J connectivity index is 2.06. The summed E-state index contributed by atoms with van der Waals surface area (Å²) in [6.07, 6.45) is 5.86. The number of likely N-dealkylation sites (tertiary alicyclic amines) is 1. The summed E-state index contributed by atoms with van der Waals surface area (Å²) in [7, 11) is 0. The molecule has 0 aliphatic carbocycles. The van der Waals surface area contributed by atoms with Crippen molar-refractivity contribution in [2.24, 2.45) is 0 Å². The highest BCUT2D eigenvalue weighted by molar-refractivity contribution is 5.92. The molecule has 0 bridgehead atoms. The first-order chi connectivity index (χ1) is 7.27. The third-order valence-corrected chi connectivity index (χ3v) is 2.63. The van der Waals surface area contributed by atoms with Crippen molar-refractivity contribution in [3.05, 3.63) is 12.0 Å². The van der Waals surface area contributed by atoms with Crippen LogP contribution in [0.3, 0.4) is 0 Å². The number of carbonyl (C=O) groups is 1. The molecule has 5 heteroatoms. The molecule has 1 aromatic rings. The maximum atomic E-state index is 11.9. The van der Waals surface area contributed by atoms with Crippen LogP contribution in [0.2, 0.25) is 0 Å². The van der Waals surface area contributed by atoms with Gasteiger partial charge in [0.2, 0.25) is 0 Å². The molecule has 2 heterocycles. The molecule has 15 heavy (non-hydrogen) atoms. The van der Waals surface area contributed by atoms with E-state index >= 15 is 0 Å². The predicted octanol–water partition coefficient (Wildman–Crippen LogP) is 1.27. The molecular formula is C10H15N3O2. The highest BCUT2D eigenvalue weighted by Crippen LogP contribution is 2.13. The topological polar surface area (TPSA) is 72.4 Å². The Morgan fingerprint density at radius 2 is 2.00 bits per heavy atom. The molecule has 2 N–H and O–H groups in total. The number of nitrogen functional groups attached to an aromatic ring is 1. The fraction of sp³-hybridized carbons (Fsp3) is 0.600. The second-order valence-electron chi connectivity index (χ2n) is 3.78. The molecule has 2 rings (SSSR count). The van der Waals surface area contributed by atoms with Gasteiger partial charge in [0.15, 0.2) is 5.69 Å². The van der Waals surface area contributed by atoms with Gasteiger partial charge in [-0.25, -0.2) is 0 Å². The van der Waals surface area contributed by atoms with E-state index in [1.165, 1.54) is 19.1 Å². The lowest BCUT2D eigenvalue weighted by Crippen LogP contribution is -2.32. The van der Waals surface area contributed by atoms with Crippen LogP contribution >= 0.6 is 0 Å². The van der Waals surface area contributed by atoms with Gasteiger partial charge in [-0.05, 0) is 12.8 Å².